The Bertz CT molecular complexity index is 608. The lowest BCUT2D eigenvalue weighted by Gasteiger charge is -2.12. The lowest BCUT2D eigenvalue weighted by Crippen LogP contribution is -2.17. The summed E-state index contributed by atoms with van der Waals surface area (Å²) in [6.07, 6.45) is 4.58. The van der Waals surface area contributed by atoms with Crippen molar-refractivity contribution in [2.75, 3.05) is 0 Å². The van der Waals surface area contributed by atoms with Gasteiger partial charge in [-0.05, 0) is 24.8 Å². The summed E-state index contributed by atoms with van der Waals surface area (Å²) in [4.78, 5) is 12.6. The molecule has 4 nitrogen and oxygen atoms in total. The van der Waals surface area contributed by atoms with Crippen LogP contribution in [0.3, 0.4) is 0 Å². The zero-order chi connectivity index (χ0) is 13.2. The van der Waals surface area contributed by atoms with Crippen LogP contribution in [0.2, 0.25) is 0 Å². The molecule has 1 unspecified atom stereocenters. The number of hydrogen-bond donors (Lipinski definition) is 0. The second-order valence-electron chi connectivity index (χ2n) is 4.74. The summed E-state index contributed by atoms with van der Waals surface area (Å²) in [5, 5.41) is 8.67. The lowest BCUT2D eigenvalue weighted by molar-refractivity contribution is 0.0988. The van der Waals surface area contributed by atoms with Crippen LogP contribution in [0.5, 0.6) is 0 Å². The first-order valence-corrected chi connectivity index (χ1v) is 7.26. The van der Waals surface area contributed by atoms with E-state index < -0.39 is 0 Å². The lowest BCUT2D eigenvalue weighted by atomic mass is 10.0. The normalized spacial score (nSPS) is 19.0. The third-order valence-electron chi connectivity index (χ3n) is 3.41. The molecule has 1 aliphatic rings. The number of ketones is 1. The number of Topliss-reactive ketones (excluding diaryl/α,β-unsaturated/α-hetero) is 1. The molecule has 0 aliphatic heterocycles. The number of nitrogens with zero attached hydrogens (tertiary/aromatic N) is 3. The Balaban J connectivity index is 1.88. The fourth-order valence-corrected chi connectivity index (χ4v) is 3.46. The second-order valence-corrected chi connectivity index (χ2v) is 5.91. The van der Waals surface area contributed by atoms with Crippen LogP contribution in [-0.2, 0) is 13.5 Å². The third kappa shape index (κ3) is 2.42. The van der Waals surface area contributed by atoms with Crippen molar-refractivity contribution in [2.24, 2.45) is 7.05 Å². The number of fused-ring (bicyclic) bond motifs is 1. The highest BCUT2D eigenvalue weighted by Crippen LogP contribution is 2.31. The van der Waals surface area contributed by atoms with Gasteiger partial charge >= 0.3 is 0 Å². The molecule has 1 heterocycles. The summed E-state index contributed by atoms with van der Waals surface area (Å²) < 4.78 is 1.86. The third-order valence-corrected chi connectivity index (χ3v) is 4.72. The molecule has 1 aromatic heterocycles. The van der Waals surface area contributed by atoms with Gasteiger partial charge in [0, 0.05) is 12.6 Å². The molecule has 0 saturated heterocycles. The van der Waals surface area contributed by atoms with Crippen LogP contribution >= 0.6 is 11.8 Å². The number of aryl methyl sites for hydroxylation is 2. The van der Waals surface area contributed by atoms with Gasteiger partial charge in [-0.1, -0.05) is 36.0 Å². The van der Waals surface area contributed by atoms with Crippen molar-refractivity contribution < 1.29 is 4.79 Å². The van der Waals surface area contributed by atoms with E-state index in [4.69, 9.17) is 0 Å². The number of aromatic nitrogens is 3. The van der Waals surface area contributed by atoms with Crippen molar-refractivity contribution in [3.05, 3.63) is 41.7 Å². The molecule has 3 rings (SSSR count). The molecule has 1 aliphatic carbocycles. The molecular formula is C14H15N3OS. The fourth-order valence-electron chi connectivity index (χ4n) is 2.38. The largest absolute Gasteiger partial charge is 0.312 e. The summed E-state index contributed by atoms with van der Waals surface area (Å²) in [5.74, 6) is 0.223. The minimum atomic E-state index is -0.0495. The molecule has 0 amide bonds. The highest BCUT2D eigenvalue weighted by Gasteiger charge is 2.27. The predicted octanol–water partition coefficient (Wildman–Crippen LogP) is 2.50. The second kappa shape index (κ2) is 5.17. The summed E-state index contributed by atoms with van der Waals surface area (Å²) >= 11 is 1.52. The molecule has 1 aromatic carbocycles. The Morgan fingerprint density at radius 3 is 3.00 bits per heavy atom. The first-order chi connectivity index (χ1) is 9.25. The number of benzene rings is 1. The van der Waals surface area contributed by atoms with Gasteiger partial charge in [0.05, 0.1) is 5.25 Å². The van der Waals surface area contributed by atoms with Gasteiger partial charge in [-0.25, -0.2) is 0 Å². The van der Waals surface area contributed by atoms with Crippen LogP contribution in [-0.4, -0.2) is 25.8 Å². The van der Waals surface area contributed by atoms with Crippen molar-refractivity contribution in [3.63, 3.8) is 0 Å². The maximum atomic E-state index is 12.6. The summed E-state index contributed by atoms with van der Waals surface area (Å²) in [6, 6.07) is 7.93. The van der Waals surface area contributed by atoms with E-state index in [9.17, 15) is 4.79 Å². The molecule has 0 bridgehead atoms. The van der Waals surface area contributed by atoms with E-state index in [-0.39, 0.29) is 11.0 Å². The molecule has 0 saturated carbocycles. The Labute approximate surface area is 116 Å². The monoisotopic (exact) mass is 273 g/mol. The molecule has 19 heavy (non-hydrogen) atoms. The SMILES string of the molecule is Cn1cnnc1SC1CCCc2ccccc2C1=O. The topological polar surface area (TPSA) is 47.8 Å². The number of carbonyl (C=O) groups is 1. The van der Waals surface area contributed by atoms with Gasteiger partial charge in [-0.15, -0.1) is 10.2 Å². The Morgan fingerprint density at radius 1 is 1.37 bits per heavy atom. The van der Waals surface area contributed by atoms with Crippen LogP contribution in [0.25, 0.3) is 0 Å². The Morgan fingerprint density at radius 2 is 2.21 bits per heavy atom. The van der Waals surface area contributed by atoms with Crippen molar-refractivity contribution >= 4 is 17.5 Å². The van der Waals surface area contributed by atoms with Crippen LogP contribution < -0.4 is 0 Å². The van der Waals surface area contributed by atoms with Gasteiger partial charge in [-0.2, -0.15) is 0 Å². The summed E-state index contributed by atoms with van der Waals surface area (Å²) in [6.45, 7) is 0. The number of rotatable bonds is 2. The number of hydrogen-bond acceptors (Lipinski definition) is 4. The van der Waals surface area contributed by atoms with Gasteiger partial charge < -0.3 is 4.57 Å². The fraction of sp³-hybridized carbons (Fsp3) is 0.357. The molecule has 0 spiro atoms. The number of thioether (sulfide) groups is 1. The molecule has 1 atom stereocenters. The number of carbonyl (C=O) groups excluding carboxylic acids is 1. The standard InChI is InChI=1S/C14H15N3OS/c1-17-9-15-16-14(17)19-12-8-4-6-10-5-2-3-7-11(10)13(12)18/h2-3,5,7,9,12H,4,6,8H2,1H3. The van der Waals surface area contributed by atoms with Crippen LogP contribution in [0, 0.1) is 0 Å². The van der Waals surface area contributed by atoms with Gasteiger partial charge in [0.2, 0.25) is 0 Å². The minimum absolute atomic E-state index is 0.0495. The zero-order valence-corrected chi connectivity index (χ0v) is 11.6. The van der Waals surface area contributed by atoms with Crippen molar-refractivity contribution in [2.45, 2.75) is 29.7 Å². The van der Waals surface area contributed by atoms with E-state index in [1.807, 2.05) is 29.8 Å². The van der Waals surface area contributed by atoms with Gasteiger partial charge in [0.1, 0.15) is 6.33 Å². The Kier molecular flexibility index (Phi) is 3.38. The van der Waals surface area contributed by atoms with Crippen molar-refractivity contribution in [1.29, 1.82) is 0 Å². The average molecular weight is 273 g/mol. The molecule has 0 radical (unpaired) electrons. The molecule has 0 N–H and O–H groups in total. The highest BCUT2D eigenvalue weighted by atomic mass is 32.2. The quantitative estimate of drug-likeness (QED) is 0.789. The van der Waals surface area contributed by atoms with Gasteiger partial charge in [0.25, 0.3) is 0 Å². The van der Waals surface area contributed by atoms with Crippen LogP contribution in [0.1, 0.15) is 28.8 Å². The van der Waals surface area contributed by atoms with Gasteiger partial charge in [0.15, 0.2) is 10.9 Å². The van der Waals surface area contributed by atoms with Crippen molar-refractivity contribution in [3.8, 4) is 0 Å². The maximum absolute atomic E-state index is 12.6. The smallest absolute Gasteiger partial charge is 0.191 e. The van der Waals surface area contributed by atoms with E-state index in [1.54, 1.807) is 6.33 Å². The van der Waals surface area contributed by atoms with E-state index in [0.29, 0.717) is 0 Å². The molecule has 2 aromatic rings. The molecule has 5 heteroatoms. The predicted molar refractivity (Wildman–Crippen MR) is 74.4 cm³/mol. The van der Waals surface area contributed by atoms with E-state index >= 15 is 0 Å². The minimum Gasteiger partial charge on any atom is -0.312 e. The Hall–Kier alpha value is -1.62. The van der Waals surface area contributed by atoms with E-state index in [0.717, 1.165) is 30.0 Å². The van der Waals surface area contributed by atoms with Crippen molar-refractivity contribution in [1.82, 2.24) is 14.8 Å². The van der Waals surface area contributed by atoms with E-state index in [1.165, 1.54) is 17.3 Å². The molecule has 0 fully saturated rings. The molecular weight excluding hydrogens is 258 g/mol. The maximum Gasteiger partial charge on any atom is 0.191 e. The zero-order valence-electron chi connectivity index (χ0n) is 10.7. The van der Waals surface area contributed by atoms with Crippen LogP contribution in [0.15, 0.2) is 35.7 Å². The van der Waals surface area contributed by atoms with E-state index in [2.05, 4.69) is 16.3 Å². The summed E-state index contributed by atoms with van der Waals surface area (Å²) in [7, 11) is 1.90. The average Bonchev–Trinajstić information content (AvgIpc) is 2.75. The first kappa shape index (κ1) is 12.4. The molecule has 98 valence electrons. The highest BCUT2D eigenvalue weighted by molar-refractivity contribution is 8.00. The first-order valence-electron chi connectivity index (χ1n) is 6.38. The summed E-state index contributed by atoms with van der Waals surface area (Å²) in [5.41, 5.74) is 2.05. The van der Waals surface area contributed by atoms with Gasteiger partial charge in [-0.3, -0.25) is 4.79 Å². The van der Waals surface area contributed by atoms with Crippen LogP contribution in [0.4, 0.5) is 0 Å².